The quantitative estimate of drug-likeness (QED) is 0.617. The first kappa shape index (κ1) is 22.8. The summed E-state index contributed by atoms with van der Waals surface area (Å²) in [6.45, 7) is 25.9. The van der Waals surface area contributed by atoms with Crippen molar-refractivity contribution in [2.24, 2.45) is 0 Å². The summed E-state index contributed by atoms with van der Waals surface area (Å²) in [5.74, 6) is 0. The first-order valence-electron chi connectivity index (χ1n) is 8.01. The maximum atomic E-state index is 5.20. The Bertz CT molecular complexity index is 207. The third-order valence-corrected chi connectivity index (χ3v) is 12.2. The fraction of sp³-hybridized carbons (Fsp3) is 1.00. The SMILES string of the molecule is CCCN([Si](C)(C)C)[Si](C)(C)C.CCO[SiH](C)OCC. The van der Waals surface area contributed by atoms with Crippen molar-refractivity contribution in [2.45, 2.75) is 73.0 Å². The lowest BCUT2D eigenvalue weighted by Crippen LogP contribution is -2.59. The van der Waals surface area contributed by atoms with Crippen LogP contribution in [0, 0.1) is 0 Å². The van der Waals surface area contributed by atoms with E-state index in [1.807, 2.05) is 20.4 Å². The zero-order chi connectivity index (χ0) is 16.4. The Balaban J connectivity index is 0. The predicted octanol–water partition coefficient (Wildman–Crippen LogP) is 4.28. The molecule has 0 fully saturated rings. The van der Waals surface area contributed by atoms with Gasteiger partial charge in [-0.05, 0) is 33.4 Å². The maximum Gasteiger partial charge on any atom is 0.318 e. The molecule has 0 amide bonds. The minimum atomic E-state index is -1.20. The van der Waals surface area contributed by atoms with Crippen LogP contribution >= 0.6 is 0 Å². The van der Waals surface area contributed by atoms with Crippen molar-refractivity contribution in [3.05, 3.63) is 0 Å². The first-order chi connectivity index (χ1) is 9.00. The average Bonchev–Trinajstić information content (AvgIpc) is 2.24. The molecule has 0 aromatic heterocycles. The van der Waals surface area contributed by atoms with E-state index in [0.717, 1.165) is 13.2 Å². The van der Waals surface area contributed by atoms with E-state index in [4.69, 9.17) is 8.85 Å². The second-order valence-electron chi connectivity index (χ2n) is 6.97. The lowest BCUT2D eigenvalue weighted by atomic mass is 10.5. The first-order valence-corrected chi connectivity index (χ1v) is 17.0. The molecular weight excluding hydrogens is 298 g/mol. The van der Waals surface area contributed by atoms with E-state index in [9.17, 15) is 0 Å². The van der Waals surface area contributed by atoms with Crippen LogP contribution in [0.2, 0.25) is 45.8 Å². The summed E-state index contributed by atoms with van der Waals surface area (Å²) >= 11 is 0. The van der Waals surface area contributed by atoms with Crippen LogP contribution in [0.15, 0.2) is 0 Å². The number of nitrogens with zero attached hydrogens (tertiary/aromatic N) is 1. The van der Waals surface area contributed by atoms with E-state index in [-0.39, 0.29) is 0 Å². The van der Waals surface area contributed by atoms with Gasteiger partial charge in [-0.15, -0.1) is 0 Å². The highest BCUT2D eigenvalue weighted by Gasteiger charge is 2.33. The van der Waals surface area contributed by atoms with Crippen LogP contribution in [0.4, 0.5) is 0 Å². The van der Waals surface area contributed by atoms with Crippen LogP contribution in [-0.2, 0) is 8.85 Å². The maximum absolute atomic E-state index is 5.20. The molecule has 0 radical (unpaired) electrons. The van der Waals surface area contributed by atoms with Crippen molar-refractivity contribution in [2.75, 3.05) is 19.8 Å². The summed E-state index contributed by atoms with van der Waals surface area (Å²) in [6, 6.07) is 0. The summed E-state index contributed by atoms with van der Waals surface area (Å²) < 4.78 is 13.2. The van der Waals surface area contributed by atoms with Gasteiger partial charge in [0, 0.05) is 13.2 Å². The number of hydrogen-bond donors (Lipinski definition) is 0. The van der Waals surface area contributed by atoms with Gasteiger partial charge in [0.1, 0.15) is 16.5 Å². The summed E-state index contributed by atoms with van der Waals surface area (Å²) in [5.41, 5.74) is 0. The highest BCUT2D eigenvalue weighted by Crippen LogP contribution is 2.19. The summed E-state index contributed by atoms with van der Waals surface area (Å²) in [5, 5.41) is 0. The minimum absolute atomic E-state index is 0.785. The van der Waals surface area contributed by atoms with Gasteiger partial charge in [0.05, 0.1) is 0 Å². The average molecular weight is 338 g/mol. The van der Waals surface area contributed by atoms with Gasteiger partial charge < -0.3 is 13.1 Å². The smallest absolute Gasteiger partial charge is 0.318 e. The lowest BCUT2D eigenvalue weighted by molar-refractivity contribution is 0.219. The second kappa shape index (κ2) is 11.1. The molecule has 0 N–H and O–H groups in total. The molecule has 0 rings (SSSR count). The molecule has 0 aliphatic rings. The predicted molar refractivity (Wildman–Crippen MR) is 100.0 cm³/mol. The van der Waals surface area contributed by atoms with Gasteiger partial charge in [-0.3, -0.25) is 0 Å². The van der Waals surface area contributed by atoms with Gasteiger partial charge in [0.15, 0.2) is 0 Å². The Morgan fingerprint density at radius 1 is 0.800 bits per heavy atom. The van der Waals surface area contributed by atoms with E-state index >= 15 is 0 Å². The van der Waals surface area contributed by atoms with Crippen molar-refractivity contribution in [3.8, 4) is 0 Å². The zero-order valence-electron chi connectivity index (χ0n) is 15.7. The fourth-order valence-electron chi connectivity index (χ4n) is 2.42. The third-order valence-electron chi connectivity index (χ3n) is 2.87. The fourth-order valence-corrected chi connectivity index (χ4v) is 13.3. The van der Waals surface area contributed by atoms with Crippen LogP contribution in [0.25, 0.3) is 0 Å². The molecule has 0 atom stereocenters. The molecule has 0 aliphatic carbocycles. The highest BCUT2D eigenvalue weighted by molar-refractivity contribution is 6.89. The summed E-state index contributed by atoms with van der Waals surface area (Å²) in [6.07, 6.45) is 1.30. The molecule has 0 spiro atoms. The van der Waals surface area contributed by atoms with Gasteiger partial charge in [0.25, 0.3) is 0 Å². The Kier molecular flexibility index (Phi) is 12.7. The standard InChI is InChI=1S/C9H25NSi2.C5H14O2Si/c1-8-9-10(11(2,3)4)12(5,6)7;1-4-6-8(3)7-5-2/h8-9H2,1-7H3;8H,4-5H2,1-3H3. The minimum Gasteiger partial charge on any atom is -0.397 e. The molecule has 20 heavy (non-hydrogen) atoms. The largest absolute Gasteiger partial charge is 0.397 e. The molecule has 124 valence electrons. The van der Waals surface area contributed by atoms with E-state index in [1.54, 1.807) is 0 Å². The third kappa shape index (κ3) is 12.3. The number of rotatable bonds is 8. The van der Waals surface area contributed by atoms with Crippen LogP contribution in [-0.4, -0.2) is 49.7 Å². The van der Waals surface area contributed by atoms with Gasteiger partial charge in [0.2, 0.25) is 0 Å². The van der Waals surface area contributed by atoms with Gasteiger partial charge in [-0.25, -0.2) is 0 Å². The summed E-state index contributed by atoms with van der Waals surface area (Å²) in [4.78, 5) is 0. The van der Waals surface area contributed by atoms with Gasteiger partial charge >= 0.3 is 9.28 Å². The Labute approximate surface area is 132 Å². The Morgan fingerprint density at radius 2 is 1.15 bits per heavy atom. The molecule has 0 aliphatic heterocycles. The topological polar surface area (TPSA) is 21.7 Å². The van der Waals surface area contributed by atoms with Crippen LogP contribution < -0.4 is 0 Å². The van der Waals surface area contributed by atoms with Crippen molar-refractivity contribution in [1.82, 2.24) is 4.23 Å². The molecule has 6 heteroatoms. The van der Waals surface area contributed by atoms with Crippen molar-refractivity contribution in [3.63, 3.8) is 0 Å². The van der Waals surface area contributed by atoms with Crippen molar-refractivity contribution >= 4 is 25.8 Å². The van der Waals surface area contributed by atoms with E-state index in [2.05, 4.69) is 50.4 Å². The van der Waals surface area contributed by atoms with E-state index in [1.165, 1.54) is 13.0 Å². The second-order valence-corrected chi connectivity index (χ2v) is 19.0. The van der Waals surface area contributed by atoms with Gasteiger partial charge in [-0.1, -0.05) is 46.2 Å². The van der Waals surface area contributed by atoms with Crippen LogP contribution in [0.1, 0.15) is 27.2 Å². The molecule has 0 aromatic rings. The lowest BCUT2D eigenvalue weighted by Gasteiger charge is -2.43. The van der Waals surface area contributed by atoms with E-state index in [0.29, 0.717) is 0 Å². The molecule has 0 saturated carbocycles. The van der Waals surface area contributed by atoms with Crippen molar-refractivity contribution in [1.29, 1.82) is 0 Å². The van der Waals surface area contributed by atoms with Crippen LogP contribution in [0.3, 0.4) is 0 Å². The van der Waals surface area contributed by atoms with E-state index < -0.39 is 25.8 Å². The molecular formula is C14H39NO2Si3. The molecule has 0 heterocycles. The molecule has 3 nitrogen and oxygen atoms in total. The Morgan fingerprint density at radius 3 is 1.30 bits per heavy atom. The van der Waals surface area contributed by atoms with Gasteiger partial charge in [-0.2, -0.15) is 0 Å². The molecule has 0 bridgehead atoms. The highest BCUT2D eigenvalue weighted by atomic mass is 28.4. The molecule has 0 unspecified atom stereocenters. The molecule has 0 aromatic carbocycles. The zero-order valence-corrected chi connectivity index (χ0v) is 18.8. The van der Waals surface area contributed by atoms with Crippen molar-refractivity contribution < 1.29 is 8.85 Å². The Hall–Kier alpha value is 0.531. The molecule has 0 saturated heterocycles. The number of hydrogen-bond acceptors (Lipinski definition) is 3. The summed E-state index contributed by atoms with van der Waals surface area (Å²) in [7, 11) is -3.30. The monoisotopic (exact) mass is 337 g/mol. The van der Waals surface area contributed by atoms with Crippen LogP contribution in [0.5, 0.6) is 0 Å². The normalized spacial score (nSPS) is 12.6.